The van der Waals surface area contributed by atoms with Crippen LogP contribution in [-0.2, 0) is 13.2 Å². The number of hydrogen-bond acceptors (Lipinski definition) is 3. The molecule has 0 amide bonds. The maximum atomic E-state index is 14.3. The summed E-state index contributed by atoms with van der Waals surface area (Å²) in [4.78, 5) is 24.2. The second-order valence-corrected chi connectivity index (χ2v) is 5.05. The number of allylic oxidation sites excluding steroid dienone is 1. The minimum Gasteiger partial charge on any atom is -0.292 e. The summed E-state index contributed by atoms with van der Waals surface area (Å²) in [5.74, 6) is -1.08. The van der Waals surface area contributed by atoms with Gasteiger partial charge in [0.15, 0.2) is 0 Å². The molecule has 0 spiro atoms. The molecule has 130 valence electrons. The topological polar surface area (TPSA) is 67.8 Å². The first kappa shape index (κ1) is 18.2. The third-order valence-electron chi connectivity index (χ3n) is 3.44. The fourth-order valence-corrected chi connectivity index (χ4v) is 2.28. The van der Waals surface area contributed by atoms with Gasteiger partial charge in [-0.2, -0.15) is 18.4 Å². The third-order valence-corrected chi connectivity index (χ3v) is 3.44. The molecule has 0 aliphatic rings. The molecule has 0 bridgehead atoms. The van der Waals surface area contributed by atoms with Gasteiger partial charge in [0.25, 0.3) is 5.56 Å². The zero-order valence-electron chi connectivity index (χ0n) is 13.1. The fourth-order valence-electron chi connectivity index (χ4n) is 2.28. The number of hydrogen-bond donors (Lipinski definition) is 0. The summed E-state index contributed by atoms with van der Waals surface area (Å²) in [7, 11) is 0.829. The van der Waals surface area contributed by atoms with Crippen molar-refractivity contribution in [2.24, 2.45) is 7.05 Å². The van der Waals surface area contributed by atoms with Gasteiger partial charge in [-0.25, -0.2) is 13.8 Å². The van der Waals surface area contributed by atoms with E-state index in [0.29, 0.717) is 4.57 Å². The van der Waals surface area contributed by atoms with Crippen molar-refractivity contribution in [1.29, 1.82) is 5.26 Å². The number of halogens is 4. The molecule has 9 heteroatoms. The highest BCUT2D eigenvalue weighted by Gasteiger charge is 2.35. The maximum Gasteiger partial charge on any atom is 0.431 e. The summed E-state index contributed by atoms with van der Waals surface area (Å²) in [6.07, 6.45) is -1.92. The Morgan fingerprint density at radius 1 is 1.20 bits per heavy atom. The summed E-state index contributed by atoms with van der Waals surface area (Å²) in [6, 6.07) is 3.85. The van der Waals surface area contributed by atoms with E-state index >= 15 is 0 Å². The number of nitriles is 1. The van der Waals surface area contributed by atoms with Crippen molar-refractivity contribution in [3.8, 4) is 11.8 Å². The number of alkyl halides is 3. The molecule has 0 saturated heterocycles. The van der Waals surface area contributed by atoms with E-state index in [-0.39, 0.29) is 21.8 Å². The molecule has 0 unspecified atom stereocenters. The Bertz CT molecular complexity index is 1020. The van der Waals surface area contributed by atoms with Gasteiger partial charge in [0.05, 0.1) is 17.3 Å². The zero-order chi connectivity index (χ0) is 18.9. The van der Waals surface area contributed by atoms with Crippen LogP contribution in [0.1, 0.15) is 23.7 Å². The van der Waals surface area contributed by atoms with E-state index in [1.165, 1.54) is 6.08 Å². The summed E-state index contributed by atoms with van der Waals surface area (Å²) in [5, 5.41) is 9.00. The minimum atomic E-state index is -4.91. The molecule has 0 saturated carbocycles. The van der Waals surface area contributed by atoms with Crippen LogP contribution >= 0.6 is 0 Å². The highest BCUT2D eigenvalue weighted by Crippen LogP contribution is 2.27. The molecule has 1 aromatic heterocycles. The van der Waals surface area contributed by atoms with E-state index in [0.717, 1.165) is 19.2 Å². The minimum absolute atomic E-state index is 0.0452. The summed E-state index contributed by atoms with van der Waals surface area (Å²) < 4.78 is 53.3. The quantitative estimate of drug-likeness (QED) is 0.780. The monoisotopic (exact) mass is 353 g/mol. The van der Waals surface area contributed by atoms with Crippen LogP contribution in [0.5, 0.6) is 0 Å². The van der Waals surface area contributed by atoms with Crippen molar-refractivity contribution in [3.05, 3.63) is 67.8 Å². The number of nitrogens with zero attached hydrogens (tertiary/aromatic N) is 3. The van der Waals surface area contributed by atoms with Gasteiger partial charge in [0.2, 0.25) is 0 Å². The Morgan fingerprint density at radius 2 is 1.84 bits per heavy atom. The van der Waals surface area contributed by atoms with Crippen LogP contribution in [-0.4, -0.2) is 9.13 Å². The highest BCUT2D eigenvalue weighted by molar-refractivity contribution is 5.61. The normalized spacial score (nSPS) is 11.7. The molecule has 1 aromatic carbocycles. The first-order valence-electron chi connectivity index (χ1n) is 6.88. The van der Waals surface area contributed by atoms with E-state index in [4.69, 9.17) is 5.26 Å². The molecule has 0 aliphatic carbocycles. The lowest BCUT2D eigenvalue weighted by Gasteiger charge is -2.14. The van der Waals surface area contributed by atoms with Gasteiger partial charge in [-0.15, -0.1) is 0 Å². The first-order valence-corrected chi connectivity index (χ1v) is 6.88. The van der Waals surface area contributed by atoms with E-state index in [2.05, 4.69) is 0 Å². The Balaban J connectivity index is 2.87. The largest absolute Gasteiger partial charge is 0.431 e. The molecule has 0 N–H and O–H groups in total. The van der Waals surface area contributed by atoms with E-state index in [9.17, 15) is 27.2 Å². The predicted octanol–water partition coefficient (Wildman–Crippen LogP) is 2.60. The molecule has 0 atom stereocenters. The number of benzene rings is 1. The van der Waals surface area contributed by atoms with Gasteiger partial charge in [-0.1, -0.05) is 12.2 Å². The van der Waals surface area contributed by atoms with Gasteiger partial charge < -0.3 is 0 Å². The summed E-state index contributed by atoms with van der Waals surface area (Å²) in [5.41, 5.74) is -4.49. The molecular weight excluding hydrogens is 342 g/mol. The third kappa shape index (κ3) is 3.24. The second-order valence-electron chi connectivity index (χ2n) is 5.05. The van der Waals surface area contributed by atoms with Crippen LogP contribution in [0, 0.1) is 17.1 Å². The van der Waals surface area contributed by atoms with Gasteiger partial charge in [0, 0.05) is 13.1 Å². The average Bonchev–Trinajstić information content (AvgIpc) is 2.52. The van der Waals surface area contributed by atoms with Crippen molar-refractivity contribution in [1.82, 2.24) is 9.13 Å². The number of aromatic nitrogens is 2. The maximum absolute atomic E-state index is 14.3. The lowest BCUT2D eigenvalue weighted by Crippen LogP contribution is -2.41. The molecular formula is C16H11F4N3O2. The average molecular weight is 353 g/mol. The van der Waals surface area contributed by atoms with Crippen molar-refractivity contribution < 1.29 is 17.6 Å². The molecule has 5 nitrogen and oxygen atoms in total. The summed E-state index contributed by atoms with van der Waals surface area (Å²) in [6.45, 7) is 1.63. The highest BCUT2D eigenvalue weighted by atomic mass is 19.4. The Labute approximate surface area is 138 Å². The lowest BCUT2D eigenvalue weighted by atomic mass is 10.1. The van der Waals surface area contributed by atoms with Gasteiger partial charge >= 0.3 is 11.9 Å². The zero-order valence-corrected chi connectivity index (χ0v) is 13.1. The molecule has 25 heavy (non-hydrogen) atoms. The van der Waals surface area contributed by atoms with Crippen LogP contribution in [0.3, 0.4) is 0 Å². The van der Waals surface area contributed by atoms with Crippen LogP contribution in [0.4, 0.5) is 17.6 Å². The molecule has 0 fully saturated rings. The van der Waals surface area contributed by atoms with Gasteiger partial charge in [0.1, 0.15) is 11.5 Å². The van der Waals surface area contributed by atoms with Crippen LogP contribution < -0.4 is 11.2 Å². The fraction of sp³-hybridized carbons (Fsp3) is 0.188. The van der Waals surface area contributed by atoms with Crippen molar-refractivity contribution >= 4 is 6.08 Å². The molecule has 0 radical (unpaired) electrons. The van der Waals surface area contributed by atoms with Crippen LogP contribution in [0.25, 0.3) is 11.8 Å². The van der Waals surface area contributed by atoms with Crippen LogP contribution in [0.15, 0.2) is 33.9 Å². The van der Waals surface area contributed by atoms with Crippen LogP contribution in [0.2, 0.25) is 0 Å². The molecule has 2 rings (SSSR count). The van der Waals surface area contributed by atoms with Crippen molar-refractivity contribution in [3.63, 3.8) is 0 Å². The van der Waals surface area contributed by atoms with E-state index < -0.39 is 34.6 Å². The molecule has 1 heterocycles. The van der Waals surface area contributed by atoms with Gasteiger partial charge in [-0.05, 0) is 24.6 Å². The Hall–Kier alpha value is -3.15. The molecule has 2 aromatic rings. The molecule has 0 aliphatic heterocycles. The summed E-state index contributed by atoms with van der Waals surface area (Å²) >= 11 is 0. The van der Waals surface area contributed by atoms with Crippen molar-refractivity contribution in [2.45, 2.75) is 13.1 Å². The Morgan fingerprint density at radius 3 is 2.36 bits per heavy atom. The predicted molar refractivity (Wildman–Crippen MR) is 81.7 cm³/mol. The lowest BCUT2D eigenvalue weighted by molar-refractivity contribution is -0.144. The standard InChI is InChI=1S/C16H11F4N3O2/c1-3-4-9-6-12(11(17)5-10(9)8-21)23-14(24)7-13(16(18,19)20)22(2)15(23)25/h3-7H,1-2H3. The second kappa shape index (κ2) is 6.39. The van der Waals surface area contributed by atoms with E-state index in [1.54, 1.807) is 19.1 Å². The SMILES string of the molecule is CC=Cc1cc(-n2c(=O)cc(C(F)(F)F)n(C)c2=O)c(F)cc1C#N. The van der Waals surface area contributed by atoms with Gasteiger partial charge in [-0.3, -0.25) is 9.36 Å². The first-order chi connectivity index (χ1) is 11.6. The van der Waals surface area contributed by atoms with E-state index in [1.807, 2.05) is 0 Å². The van der Waals surface area contributed by atoms with Crippen molar-refractivity contribution in [2.75, 3.05) is 0 Å². The Kier molecular flexibility index (Phi) is 4.65. The smallest absolute Gasteiger partial charge is 0.292 e. The number of rotatable bonds is 2.